The van der Waals surface area contributed by atoms with Crippen molar-refractivity contribution in [3.8, 4) is 0 Å². The molecule has 1 saturated heterocycles. The summed E-state index contributed by atoms with van der Waals surface area (Å²) >= 11 is 1.75. The first kappa shape index (κ1) is 14.7. The number of halogens is 2. The number of benzene rings is 1. The van der Waals surface area contributed by atoms with Crippen molar-refractivity contribution in [3.63, 3.8) is 0 Å². The minimum atomic E-state index is -1.43. The highest BCUT2D eigenvalue weighted by atomic mass is 32.2. The van der Waals surface area contributed by atoms with Crippen molar-refractivity contribution in [2.24, 2.45) is 0 Å². The Morgan fingerprint density at radius 2 is 2.00 bits per heavy atom. The number of nitrogens with zero attached hydrogens (tertiary/aromatic N) is 1. The minimum Gasteiger partial charge on any atom is -0.349 e. The summed E-state index contributed by atoms with van der Waals surface area (Å²) < 4.78 is 27.4. The topological polar surface area (TPSA) is 72.2 Å². The maximum Gasteiger partial charge on any atom is 0.305 e. The van der Waals surface area contributed by atoms with Crippen LogP contribution in [0.15, 0.2) is 12.1 Å². The van der Waals surface area contributed by atoms with Crippen LogP contribution in [0.4, 0.5) is 14.5 Å². The van der Waals surface area contributed by atoms with Gasteiger partial charge in [-0.25, -0.2) is 4.39 Å². The van der Waals surface area contributed by atoms with Crippen LogP contribution in [0.5, 0.6) is 0 Å². The first-order valence-electron chi connectivity index (χ1n) is 6.01. The molecule has 1 heterocycles. The molecule has 1 fully saturated rings. The molecule has 0 bridgehead atoms. The van der Waals surface area contributed by atoms with Crippen LogP contribution in [-0.4, -0.2) is 28.4 Å². The number of nitro groups is 1. The zero-order chi connectivity index (χ0) is 14.7. The Kier molecular flexibility index (Phi) is 4.53. The standard InChI is InChI=1S/C12H12F2N2O3S/c13-8-1-2-9(16(18)19)11(14)10(8)12(17)15-7-3-5-20-6-4-7/h1-2,7H,3-6H2,(H,15,17). The molecule has 1 aliphatic heterocycles. The third-order valence-corrected chi connectivity index (χ3v) is 4.10. The lowest BCUT2D eigenvalue weighted by atomic mass is 10.1. The predicted octanol–water partition coefficient (Wildman–Crippen LogP) is 2.50. The van der Waals surface area contributed by atoms with Crippen molar-refractivity contribution < 1.29 is 18.5 Å². The predicted molar refractivity (Wildman–Crippen MR) is 70.8 cm³/mol. The molecule has 5 nitrogen and oxygen atoms in total. The van der Waals surface area contributed by atoms with E-state index in [0.717, 1.165) is 17.6 Å². The summed E-state index contributed by atoms with van der Waals surface area (Å²) in [7, 11) is 0. The number of hydrogen-bond acceptors (Lipinski definition) is 4. The van der Waals surface area contributed by atoms with E-state index in [2.05, 4.69) is 5.32 Å². The average Bonchev–Trinajstić information content (AvgIpc) is 2.39. The summed E-state index contributed by atoms with van der Waals surface area (Å²) in [4.78, 5) is 21.5. The highest BCUT2D eigenvalue weighted by molar-refractivity contribution is 7.99. The van der Waals surface area contributed by atoms with Gasteiger partial charge in [-0.2, -0.15) is 16.2 Å². The molecule has 0 aromatic heterocycles. The summed E-state index contributed by atoms with van der Waals surface area (Å²) in [5.41, 5.74) is -1.80. The van der Waals surface area contributed by atoms with E-state index < -0.39 is 33.7 Å². The average molecular weight is 302 g/mol. The van der Waals surface area contributed by atoms with Crippen molar-refractivity contribution in [3.05, 3.63) is 39.4 Å². The van der Waals surface area contributed by atoms with E-state index in [-0.39, 0.29) is 6.04 Å². The van der Waals surface area contributed by atoms with Crippen LogP contribution in [0.1, 0.15) is 23.2 Å². The lowest BCUT2D eigenvalue weighted by Gasteiger charge is -2.22. The first-order valence-corrected chi connectivity index (χ1v) is 7.17. The van der Waals surface area contributed by atoms with E-state index in [0.29, 0.717) is 18.9 Å². The first-order chi connectivity index (χ1) is 9.50. The second-order valence-corrected chi connectivity index (χ2v) is 5.60. The van der Waals surface area contributed by atoms with Crippen molar-refractivity contribution in [2.75, 3.05) is 11.5 Å². The van der Waals surface area contributed by atoms with Crippen LogP contribution in [0, 0.1) is 21.7 Å². The van der Waals surface area contributed by atoms with E-state index >= 15 is 0 Å². The maximum atomic E-state index is 13.8. The van der Waals surface area contributed by atoms with Gasteiger partial charge >= 0.3 is 5.69 Å². The van der Waals surface area contributed by atoms with Crippen LogP contribution < -0.4 is 5.32 Å². The third kappa shape index (κ3) is 3.06. The number of carbonyl (C=O) groups is 1. The smallest absolute Gasteiger partial charge is 0.305 e. The Hall–Kier alpha value is -1.70. The molecule has 1 amide bonds. The maximum absolute atomic E-state index is 13.8. The molecular formula is C12H12F2N2O3S. The Balaban J connectivity index is 2.24. The summed E-state index contributed by atoms with van der Waals surface area (Å²) in [6.45, 7) is 0. The van der Waals surface area contributed by atoms with E-state index in [1.807, 2.05) is 0 Å². The lowest BCUT2D eigenvalue weighted by Crippen LogP contribution is -2.38. The van der Waals surface area contributed by atoms with Crippen molar-refractivity contribution in [1.82, 2.24) is 5.32 Å². The number of rotatable bonds is 3. The van der Waals surface area contributed by atoms with Gasteiger partial charge in [-0.3, -0.25) is 14.9 Å². The van der Waals surface area contributed by atoms with Crippen molar-refractivity contribution in [1.29, 1.82) is 0 Å². The van der Waals surface area contributed by atoms with Gasteiger partial charge in [0.1, 0.15) is 11.4 Å². The van der Waals surface area contributed by atoms with Crippen LogP contribution in [0.2, 0.25) is 0 Å². The molecule has 1 N–H and O–H groups in total. The molecule has 0 spiro atoms. The van der Waals surface area contributed by atoms with Gasteiger partial charge in [-0.1, -0.05) is 0 Å². The highest BCUT2D eigenvalue weighted by Gasteiger charge is 2.27. The van der Waals surface area contributed by atoms with E-state index in [9.17, 15) is 23.7 Å². The highest BCUT2D eigenvalue weighted by Crippen LogP contribution is 2.24. The molecule has 0 radical (unpaired) electrons. The molecule has 1 aromatic carbocycles. The summed E-state index contributed by atoms with van der Waals surface area (Å²) in [6, 6.07) is 1.28. The van der Waals surface area contributed by atoms with Gasteiger partial charge in [-0.05, 0) is 30.4 Å². The van der Waals surface area contributed by atoms with Gasteiger partial charge in [0, 0.05) is 12.1 Å². The summed E-state index contributed by atoms with van der Waals surface area (Å²) in [5, 5.41) is 13.1. The van der Waals surface area contributed by atoms with E-state index in [1.54, 1.807) is 11.8 Å². The van der Waals surface area contributed by atoms with E-state index in [1.165, 1.54) is 0 Å². The molecule has 2 rings (SSSR count). The van der Waals surface area contributed by atoms with Gasteiger partial charge in [0.2, 0.25) is 5.82 Å². The number of carbonyl (C=O) groups excluding carboxylic acids is 1. The fourth-order valence-electron chi connectivity index (χ4n) is 1.99. The van der Waals surface area contributed by atoms with Crippen molar-refractivity contribution >= 4 is 23.4 Å². The molecule has 0 unspecified atom stereocenters. The summed E-state index contributed by atoms with van der Waals surface area (Å²) in [5.74, 6) is -1.75. The van der Waals surface area contributed by atoms with Gasteiger partial charge < -0.3 is 5.32 Å². The zero-order valence-electron chi connectivity index (χ0n) is 10.4. The fourth-order valence-corrected chi connectivity index (χ4v) is 3.10. The Bertz CT molecular complexity index is 548. The van der Waals surface area contributed by atoms with Crippen LogP contribution in [0.3, 0.4) is 0 Å². The Labute approximate surface area is 117 Å². The number of hydrogen-bond donors (Lipinski definition) is 1. The zero-order valence-corrected chi connectivity index (χ0v) is 11.2. The quantitative estimate of drug-likeness (QED) is 0.688. The Morgan fingerprint density at radius 1 is 1.35 bits per heavy atom. The molecule has 1 aromatic rings. The van der Waals surface area contributed by atoms with Crippen molar-refractivity contribution in [2.45, 2.75) is 18.9 Å². The van der Waals surface area contributed by atoms with Gasteiger partial charge in [0.25, 0.3) is 5.91 Å². The third-order valence-electron chi connectivity index (χ3n) is 3.05. The monoisotopic (exact) mass is 302 g/mol. The molecule has 0 saturated carbocycles. The number of thioether (sulfide) groups is 1. The lowest BCUT2D eigenvalue weighted by molar-refractivity contribution is -0.387. The molecule has 8 heteroatoms. The fraction of sp³-hybridized carbons (Fsp3) is 0.417. The molecular weight excluding hydrogens is 290 g/mol. The molecule has 108 valence electrons. The van der Waals surface area contributed by atoms with Crippen LogP contribution in [0.25, 0.3) is 0 Å². The van der Waals surface area contributed by atoms with Crippen LogP contribution in [-0.2, 0) is 0 Å². The molecule has 1 aliphatic rings. The normalized spacial score (nSPS) is 15.9. The SMILES string of the molecule is O=C(NC1CCSCC1)c1c(F)ccc([N+](=O)[O-])c1F. The second-order valence-electron chi connectivity index (χ2n) is 4.37. The van der Waals surface area contributed by atoms with Gasteiger partial charge in [0.15, 0.2) is 0 Å². The number of nitro benzene ring substituents is 1. The Morgan fingerprint density at radius 3 is 2.60 bits per heavy atom. The summed E-state index contributed by atoms with van der Waals surface area (Å²) in [6.07, 6.45) is 1.43. The number of nitrogens with one attached hydrogen (secondary N) is 1. The second kappa shape index (κ2) is 6.17. The molecule has 0 aliphatic carbocycles. The van der Waals surface area contributed by atoms with Gasteiger partial charge in [-0.15, -0.1) is 0 Å². The number of amides is 1. The minimum absolute atomic E-state index is 0.151. The molecule has 0 atom stereocenters. The van der Waals surface area contributed by atoms with Crippen LogP contribution >= 0.6 is 11.8 Å². The van der Waals surface area contributed by atoms with Gasteiger partial charge in [0.05, 0.1) is 4.92 Å². The molecule has 20 heavy (non-hydrogen) atoms. The van der Waals surface area contributed by atoms with E-state index in [4.69, 9.17) is 0 Å². The largest absolute Gasteiger partial charge is 0.349 e.